The molecule has 0 saturated heterocycles. The molecule has 0 aliphatic rings. The topological polar surface area (TPSA) is 54.5 Å². The predicted molar refractivity (Wildman–Crippen MR) is 86.6 cm³/mol. The molecular weight excluding hydrogens is 310 g/mol. The Balaban J connectivity index is 2.01. The molecule has 0 aliphatic heterocycles. The molecule has 112 valence electrons. The molecule has 1 N–H and O–H groups in total. The van der Waals surface area contributed by atoms with Crippen LogP contribution in [-0.4, -0.2) is 32.2 Å². The highest BCUT2D eigenvalue weighted by molar-refractivity contribution is 7.18. The van der Waals surface area contributed by atoms with E-state index in [1.54, 1.807) is 0 Å². The Morgan fingerprint density at radius 3 is 2.62 bits per heavy atom. The van der Waals surface area contributed by atoms with Gasteiger partial charge in [0.05, 0.1) is 7.11 Å². The minimum atomic E-state index is -0.471. The van der Waals surface area contributed by atoms with Gasteiger partial charge in [-0.2, -0.15) is 0 Å². The maximum Gasteiger partial charge on any atom is 0.351 e. The number of hydrogen-bond acceptors (Lipinski definition) is 6. The van der Waals surface area contributed by atoms with Gasteiger partial charge < -0.3 is 15.0 Å². The van der Waals surface area contributed by atoms with Crippen LogP contribution in [0, 0.1) is 0 Å². The van der Waals surface area contributed by atoms with Gasteiger partial charge in [-0.1, -0.05) is 35.1 Å². The van der Waals surface area contributed by atoms with Crippen molar-refractivity contribution in [3.63, 3.8) is 0 Å². The van der Waals surface area contributed by atoms with E-state index in [0.717, 1.165) is 11.3 Å². The van der Waals surface area contributed by atoms with Crippen molar-refractivity contribution in [2.75, 3.05) is 31.4 Å². The third kappa shape index (κ3) is 3.86. The monoisotopic (exact) mass is 325 g/mol. The van der Waals surface area contributed by atoms with Crippen LogP contribution in [-0.2, 0) is 11.3 Å². The van der Waals surface area contributed by atoms with Gasteiger partial charge in [0.2, 0.25) is 0 Å². The number of rotatable bonds is 5. The van der Waals surface area contributed by atoms with Gasteiger partial charge in [0.15, 0.2) is 15.2 Å². The largest absolute Gasteiger partial charge is 0.465 e. The number of thiazole rings is 1. The van der Waals surface area contributed by atoms with Crippen molar-refractivity contribution >= 4 is 39.7 Å². The van der Waals surface area contributed by atoms with Crippen LogP contribution in [0.4, 0.5) is 10.8 Å². The highest BCUT2D eigenvalue weighted by atomic mass is 35.5. The molecule has 0 aliphatic carbocycles. The highest BCUT2D eigenvalue weighted by Gasteiger charge is 2.17. The lowest BCUT2D eigenvalue weighted by Crippen LogP contribution is -2.08. The van der Waals surface area contributed by atoms with Gasteiger partial charge in [-0.25, -0.2) is 9.78 Å². The summed E-state index contributed by atoms with van der Waals surface area (Å²) in [7, 11) is 5.32. The molecule has 0 unspecified atom stereocenters. The second-order valence-corrected chi connectivity index (χ2v) is 5.90. The Hall–Kier alpha value is -1.79. The number of ether oxygens (including phenoxy) is 1. The van der Waals surface area contributed by atoms with E-state index in [1.807, 2.05) is 43.3 Å². The van der Waals surface area contributed by atoms with Crippen molar-refractivity contribution in [3.05, 3.63) is 39.9 Å². The van der Waals surface area contributed by atoms with Crippen LogP contribution in [0.15, 0.2) is 24.3 Å². The van der Waals surface area contributed by atoms with E-state index in [4.69, 9.17) is 11.6 Å². The van der Waals surface area contributed by atoms with E-state index in [2.05, 4.69) is 15.0 Å². The second kappa shape index (κ2) is 6.78. The molecule has 1 aromatic heterocycles. The molecule has 0 saturated carbocycles. The number of nitrogens with zero attached hydrogens (tertiary/aromatic N) is 2. The van der Waals surface area contributed by atoms with Gasteiger partial charge >= 0.3 is 5.97 Å². The molecule has 0 bridgehead atoms. The van der Waals surface area contributed by atoms with E-state index in [-0.39, 0.29) is 5.15 Å². The summed E-state index contributed by atoms with van der Waals surface area (Å²) < 4.78 is 4.64. The van der Waals surface area contributed by atoms with Crippen LogP contribution < -0.4 is 10.2 Å². The highest BCUT2D eigenvalue weighted by Crippen LogP contribution is 2.27. The quantitative estimate of drug-likeness (QED) is 0.855. The fourth-order valence-corrected chi connectivity index (χ4v) is 2.78. The molecule has 21 heavy (non-hydrogen) atoms. The van der Waals surface area contributed by atoms with Crippen molar-refractivity contribution in [2.45, 2.75) is 6.54 Å². The van der Waals surface area contributed by atoms with Crippen LogP contribution in [0.5, 0.6) is 0 Å². The zero-order chi connectivity index (χ0) is 15.4. The SMILES string of the molecule is COC(=O)c1sc(NCc2ccc(N(C)C)cc2)nc1Cl. The fourth-order valence-electron chi connectivity index (χ4n) is 1.69. The van der Waals surface area contributed by atoms with Gasteiger partial charge in [-0.3, -0.25) is 0 Å². The van der Waals surface area contributed by atoms with Gasteiger partial charge in [0.1, 0.15) is 0 Å². The van der Waals surface area contributed by atoms with Crippen LogP contribution in [0.2, 0.25) is 5.15 Å². The Bertz CT molecular complexity index is 626. The number of carbonyl (C=O) groups is 1. The molecule has 0 spiro atoms. The first-order valence-electron chi connectivity index (χ1n) is 6.26. The van der Waals surface area contributed by atoms with Crippen LogP contribution in [0.3, 0.4) is 0 Å². The van der Waals surface area contributed by atoms with Crippen LogP contribution >= 0.6 is 22.9 Å². The first-order chi connectivity index (χ1) is 10.0. The van der Waals surface area contributed by atoms with Gasteiger partial charge in [0.25, 0.3) is 0 Å². The minimum absolute atomic E-state index is 0.164. The van der Waals surface area contributed by atoms with Crippen molar-refractivity contribution in [3.8, 4) is 0 Å². The van der Waals surface area contributed by atoms with Crippen LogP contribution in [0.25, 0.3) is 0 Å². The Labute approximate surface area is 132 Å². The van der Waals surface area contributed by atoms with Crippen LogP contribution in [0.1, 0.15) is 15.2 Å². The number of benzene rings is 1. The molecule has 0 atom stereocenters. The number of nitrogens with one attached hydrogen (secondary N) is 1. The molecule has 5 nitrogen and oxygen atoms in total. The Kier molecular flexibility index (Phi) is 5.03. The van der Waals surface area contributed by atoms with Crippen molar-refractivity contribution in [1.82, 2.24) is 4.98 Å². The standard InChI is InChI=1S/C14H16ClN3O2S/c1-18(2)10-6-4-9(5-7-10)8-16-14-17-12(15)11(21-14)13(19)20-3/h4-7H,8H2,1-3H3,(H,16,17). The molecule has 2 rings (SSSR count). The smallest absolute Gasteiger partial charge is 0.351 e. The maximum absolute atomic E-state index is 11.5. The number of esters is 1. The van der Waals surface area contributed by atoms with Crippen molar-refractivity contribution in [1.29, 1.82) is 0 Å². The molecule has 7 heteroatoms. The van der Waals surface area contributed by atoms with E-state index >= 15 is 0 Å². The zero-order valence-corrected chi connectivity index (χ0v) is 13.6. The first kappa shape index (κ1) is 15.6. The average molecular weight is 326 g/mol. The van der Waals surface area contributed by atoms with Crippen molar-refractivity contribution in [2.24, 2.45) is 0 Å². The molecule has 2 aromatic rings. The minimum Gasteiger partial charge on any atom is -0.465 e. The summed E-state index contributed by atoms with van der Waals surface area (Å²) >= 11 is 7.09. The Morgan fingerprint density at radius 1 is 1.38 bits per heavy atom. The predicted octanol–water partition coefficient (Wildman–Crippen LogP) is 3.26. The van der Waals surface area contributed by atoms with Gasteiger partial charge in [-0.05, 0) is 17.7 Å². The zero-order valence-electron chi connectivity index (χ0n) is 12.0. The van der Waals surface area contributed by atoms with Gasteiger partial charge in [-0.15, -0.1) is 0 Å². The molecular formula is C14H16ClN3O2S. The summed E-state index contributed by atoms with van der Waals surface area (Å²) in [5.41, 5.74) is 2.26. The summed E-state index contributed by atoms with van der Waals surface area (Å²) in [4.78, 5) is 17.9. The maximum atomic E-state index is 11.5. The Morgan fingerprint density at radius 2 is 2.05 bits per heavy atom. The van der Waals surface area contributed by atoms with E-state index in [9.17, 15) is 4.79 Å². The lowest BCUT2D eigenvalue weighted by molar-refractivity contribution is 0.0606. The number of anilines is 2. The van der Waals surface area contributed by atoms with Gasteiger partial charge in [0, 0.05) is 26.3 Å². The number of carbonyl (C=O) groups excluding carboxylic acids is 1. The normalized spacial score (nSPS) is 10.3. The fraction of sp³-hybridized carbons (Fsp3) is 0.286. The number of halogens is 1. The molecule has 1 aromatic carbocycles. The molecule has 0 fully saturated rings. The number of methoxy groups -OCH3 is 1. The second-order valence-electron chi connectivity index (χ2n) is 4.54. The third-order valence-electron chi connectivity index (χ3n) is 2.85. The number of hydrogen-bond donors (Lipinski definition) is 1. The summed E-state index contributed by atoms with van der Waals surface area (Å²) in [5.74, 6) is -0.471. The average Bonchev–Trinajstić information content (AvgIpc) is 2.86. The van der Waals surface area contributed by atoms with E-state index in [1.165, 1.54) is 18.4 Å². The summed E-state index contributed by atoms with van der Waals surface area (Å²) in [6.45, 7) is 0.609. The summed E-state index contributed by atoms with van der Waals surface area (Å²) in [6.07, 6.45) is 0. The molecule has 0 amide bonds. The van der Waals surface area contributed by atoms with E-state index in [0.29, 0.717) is 16.6 Å². The number of aromatic nitrogens is 1. The first-order valence-corrected chi connectivity index (χ1v) is 7.45. The van der Waals surface area contributed by atoms with Crippen molar-refractivity contribution < 1.29 is 9.53 Å². The molecule has 1 heterocycles. The van der Waals surface area contributed by atoms with E-state index < -0.39 is 5.97 Å². The summed E-state index contributed by atoms with van der Waals surface area (Å²) in [6, 6.07) is 8.18. The molecule has 0 radical (unpaired) electrons. The lowest BCUT2D eigenvalue weighted by Gasteiger charge is -2.12. The summed E-state index contributed by atoms with van der Waals surface area (Å²) in [5, 5.41) is 3.91. The lowest BCUT2D eigenvalue weighted by atomic mass is 10.2. The third-order valence-corrected chi connectivity index (χ3v) is 4.23.